The standard InChI is InChI=1S/C29H33N3O2/c1-21-11-8-15-27(23(21)3)34-19-9-18-32-26-14-7-6-13-25(26)31-28(32)16-17-30-29(33)20-24-12-5-4-10-22(24)2/h4-8,10-15H,9,16-20H2,1-3H3,(H,30,33). The van der Waals surface area contributed by atoms with Crippen LogP contribution in [-0.2, 0) is 24.2 Å². The van der Waals surface area contributed by atoms with Gasteiger partial charge >= 0.3 is 0 Å². The van der Waals surface area contributed by atoms with Crippen LogP contribution < -0.4 is 10.1 Å². The number of carbonyl (C=O) groups is 1. The van der Waals surface area contributed by atoms with Gasteiger partial charge in [-0.2, -0.15) is 0 Å². The minimum absolute atomic E-state index is 0.0406. The number of hydrogen-bond donors (Lipinski definition) is 1. The first kappa shape index (κ1) is 23.6. The number of benzene rings is 3. The number of nitrogens with zero attached hydrogens (tertiary/aromatic N) is 2. The molecule has 0 fully saturated rings. The molecule has 0 atom stereocenters. The van der Waals surface area contributed by atoms with Crippen LogP contribution in [0.15, 0.2) is 66.7 Å². The summed E-state index contributed by atoms with van der Waals surface area (Å²) in [6.45, 7) is 8.26. The number of amides is 1. The van der Waals surface area contributed by atoms with E-state index in [1.54, 1.807) is 0 Å². The molecule has 176 valence electrons. The van der Waals surface area contributed by atoms with Crippen LogP contribution in [0.2, 0.25) is 0 Å². The summed E-state index contributed by atoms with van der Waals surface area (Å²) in [5, 5.41) is 3.06. The maximum absolute atomic E-state index is 12.5. The third kappa shape index (κ3) is 5.66. The molecule has 5 nitrogen and oxygen atoms in total. The fourth-order valence-electron chi connectivity index (χ4n) is 4.21. The Morgan fingerprint density at radius 3 is 2.56 bits per heavy atom. The summed E-state index contributed by atoms with van der Waals surface area (Å²) in [6.07, 6.45) is 1.96. The second-order valence-corrected chi connectivity index (χ2v) is 8.77. The van der Waals surface area contributed by atoms with Gasteiger partial charge in [0, 0.05) is 19.5 Å². The molecular formula is C29H33N3O2. The lowest BCUT2D eigenvalue weighted by atomic mass is 10.1. The van der Waals surface area contributed by atoms with E-state index in [0.717, 1.165) is 46.7 Å². The van der Waals surface area contributed by atoms with Crippen molar-refractivity contribution in [3.05, 3.63) is 94.8 Å². The lowest BCUT2D eigenvalue weighted by Gasteiger charge is -2.13. The smallest absolute Gasteiger partial charge is 0.224 e. The number of aryl methyl sites for hydroxylation is 3. The number of hydrogen-bond acceptors (Lipinski definition) is 3. The number of para-hydroxylation sites is 2. The highest BCUT2D eigenvalue weighted by atomic mass is 16.5. The first-order chi connectivity index (χ1) is 16.5. The molecule has 5 heteroatoms. The van der Waals surface area contributed by atoms with Crippen LogP contribution in [0, 0.1) is 20.8 Å². The van der Waals surface area contributed by atoms with Gasteiger partial charge < -0.3 is 14.6 Å². The molecule has 0 saturated heterocycles. The zero-order valence-corrected chi connectivity index (χ0v) is 20.3. The number of imidazole rings is 1. The van der Waals surface area contributed by atoms with Crippen molar-refractivity contribution in [3.63, 3.8) is 0 Å². The summed E-state index contributed by atoms with van der Waals surface area (Å²) in [5.74, 6) is 1.98. The number of aromatic nitrogens is 2. The Balaban J connectivity index is 1.35. The lowest BCUT2D eigenvalue weighted by molar-refractivity contribution is -0.120. The van der Waals surface area contributed by atoms with Crippen molar-refractivity contribution in [2.75, 3.05) is 13.2 Å². The molecule has 0 aliphatic heterocycles. The van der Waals surface area contributed by atoms with Crippen molar-refractivity contribution >= 4 is 16.9 Å². The third-order valence-corrected chi connectivity index (χ3v) is 6.36. The van der Waals surface area contributed by atoms with E-state index >= 15 is 0 Å². The minimum Gasteiger partial charge on any atom is -0.493 e. The van der Waals surface area contributed by atoms with E-state index in [1.165, 1.54) is 11.1 Å². The Hall–Kier alpha value is -3.60. The van der Waals surface area contributed by atoms with E-state index in [2.05, 4.69) is 35.9 Å². The third-order valence-electron chi connectivity index (χ3n) is 6.36. The molecule has 1 N–H and O–H groups in total. The monoisotopic (exact) mass is 455 g/mol. The molecule has 4 rings (SSSR count). The van der Waals surface area contributed by atoms with Crippen molar-refractivity contribution in [2.45, 2.75) is 46.6 Å². The number of rotatable bonds is 10. The Bertz CT molecular complexity index is 1280. The van der Waals surface area contributed by atoms with Crippen LogP contribution in [0.5, 0.6) is 5.75 Å². The van der Waals surface area contributed by atoms with Crippen molar-refractivity contribution in [2.24, 2.45) is 0 Å². The second-order valence-electron chi connectivity index (χ2n) is 8.77. The van der Waals surface area contributed by atoms with Gasteiger partial charge in [-0.1, -0.05) is 48.5 Å². The topological polar surface area (TPSA) is 56.2 Å². The number of fused-ring (bicyclic) bond motifs is 1. The first-order valence-corrected chi connectivity index (χ1v) is 12.0. The average molecular weight is 456 g/mol. The molecule has 0 aliphatic carbocycles. The molecule has 1 aromatic heterocycles. The van der Waals surface area contributed by atoms with E-state index in [-0.39, 0.29) is 5.91 Å². The summed E-state index contributed by atoms with van der Waals surface area (Å²) >= 11 is 0. The van der Waals surface area contributed by atoms with Crippen LogP contribution in [-0.4, -0.2) is 28.6 Å². The highest BCUT2D eigenvalue weighted by molar-refractivity contribution is 5.79. The van der Waals surface area contributed by atoms with Gasteiger partial charge in [-0.05, 0) is 67.6 Å². The quantitative estimate of drug-likeness (QED) is 0.329. The van der Waals surface area contributed by atoms with Gasteiger partial charge in [0.2, 0.25) is 5.91 Å². The SMILES string of the molecule is Cc1ccccc1CC(=O)NCCc1nc2ccccc2n1CCCOc1cccc(C)c1C. The van der Waals surface area contributed by atoms with Crippen molar-refractivity contribution in [1.29, 1.82) is 0 Å². The van der Waals surface area contributed by atoms with Gasteiger partial charge in [-0.3, -0.25) is 4.79 Å². The van der Waals surface area contributed by atoms with E-state index < -0.39 is 0 Å². The van der Waals surface area contributed by atoms with Gasteiger partial charge in [0.05, 0.1) is 24.1 Å². The molecule has 0 aliphatic rings. The van der Waals surface area contributed by atoms with E-state index in [9.17, 15) is 4.79 Å². The Labute approximate surface area is 201 Å². The van der Waals surface area contributed by atoms with Gasteiger partial charge in [0.15, 0.2) is 0 Å². The molecule has 34 heavy (non-hydrogen) atoms. The predicted molar refractivity (Wildman–Crippen MR) is 137 cm³/mol. The summed E-state index contributed by atoms with van der Waals surface area (Å²) in [5.41, 5.74) is 6.75. The molecular weight excluding hydrogens is 422 g/mol. The molecule has 0 radical (unpaired) electrons. The number of nitrogens with one attached hydrogen (secondary N) is 1. The predicted octanol–water partition coefficient (Wildman–Crippen LogP) is 5.33. The molecule has 1 amide bonds. The number of ether oxygens (including phenoxy) is 1. The molecule has 3 aromatic carbocycles. The second kappa shape index (κ2) is 11.0. The fourth-order valence-corrected chi connectivity index (χ4v) is 4.21. The zero-order valence-electron chi connectivity index (χ0n) is 20.3. The van der Waals surface area contributed by atoms with Crippen molar-refractivity contribution in [1.82, 2.24) is 14.9 Å². The van der Waals surface area contributed by atoms with Gasteiger partial charge in [0.25, 0.3) is 0 Å². The average Bonchev–Trinajstić information content (AvgIpc) is 3.18. The van der Waals surface area contributed by atoms with E-state index in [0.29, 0.717) is 26.0 Å². The molecule has 0 saturated carbocycles. The van der Waals surface area contributed by atoms with Gasteiger partial charge in [-0.15, -0.1) is 0 Å². The zero-order chi connectivity index (χ0) is 23.9. The minimum atomic E-state index is 0.0406. The number of carbonyl (C=O) groups excluding carboxylic acids is 1. The maximum atomic E-state index is 12.5. The van der Waals surface area contributed by atoms with E-state index in [1.807, 2.05) is 61.5 Å². The maximum Gasteiger partial charge on any atom is 0.224 e. The van der Waals surface area contributed by atoms with Crippen LogP contribution in [0.4, 0.5) is 0 Å². The molecule has 0 unspecified atom stereocenters. The van der Waals surface area contributed by atoms with Gasteiger partial charge in [0.1, 0.15) is 11.6 Å². The lowest BCUT2D eigenvalue weighted by Crippen LogP contribution is -2.28. The fraction of sp³-hybridized carbons (Fsp3) is 0.310. The van der Waals surface area contributed by atoms with Crippen LogP contribution >= 0.6 is 0 Å². The van der Waals surface area contributed by atoms with E-state index in [4.69, 9.17) is 9.72 Å². The molecule has 0 spiro atoms. The van der Waals surface area contributed by atoms with Gasteiger partial charge in [-0.25, -0.2) is 4.98 Å². The molecule has 0 bridgehead atoms. The molecule has 4 aromatic rings. The summed E-state index contributed by atoms with van der Waals surface area (Å²) in [7, 11) is 0. The first-order valence-electron chi connectivity index (χ1n) is 12.0. The Morgan fingerprint density at radius 1 is 0.941 bits per heavy atom. The Kier molecular flexibility index (Phi) is 7.63. The molecule has 1 heterocycles. The largest absolute Gasteiger partial charge is 0.493 e. The van der Waals surface area contributed by atoms with Crippen LogP contribution in [0.25, 0.3) is 11.0 Å². The Morgan fingerprint density at radius 2 is 1.71 bits per heavy atom. The highest BCUT2D eigenvalue weighted by Crippen LogP contribution is 2.21. The van der Waals surface area contributed by atoms with Crippen molar-refractivity contribution in [3.8, 4) is 5.75 Å². The summed E-state index contributed by atoms with van der Waals surface area (Å²) in [6, 6.07) is 22.4. The van der Waals surface area contributed by atoms with Crippen LogP contribution in [0.1, 0.15) is 34.5 Å². The normalized spacial score (nSPS) is 11.0. The highest BCUT2D eigenvalue weighted by Gasteiger charge is 2.12. The van der Waals surface area contributed by atoms with Crippen LogP contribution in [0.3, 0.4) is 0 Å². The summed E-state index contributed by atoms with van der Waals surface area (Å²) < 4.78 is 8.32. The van der Waals surface area contributed by atoms with Crippen molar-refractivity contribution < 1.29 is 9.53 Å². The summed E-state index contributed by atoms with van der Waals surface area (Å²) in [4.78, 5) is 17.3.